The predicted molar refractivity (Wildman–Crippen MR) is 115 cm³/mol. The fourth-order valence-corrected chi connectivity index (χ4v) is 4.00. The molecule has 0 aliphatic carbocycles. The number of nitrogens with two attached hydrogens (primary N) is 1. The number of methoxy groups -OCH3 is 1. The van der Waals surface area contributed by atoms with Crippen LogP contribution < -0.4 is 33.0 Å². The van der Waals surface area contributed by atoms with Crippen molar-refractivity contribution < 1.29 is 4.74 Å². The highest BCUT2D eigenvalue weighted by Crippen LogP contribution is 2.33. The molecule has 29 heavy (non-hydrogen) atoms. The first-order chi connectivity index (χ1) is 13.9. The van der Waals surface area contributed by atoms with Gasteiger partial charge in [-0.1, -0.05) is 24.3 Å². The second-order valence-corrected chi connectivity index (χ2v) is 6.85. The Morgan fingerprint density at radius 3 is 2.10 bits per heavy atom. The zero-order chi connectivity index (χ0) is 20.9. The summed E-state index contributed by atoms with van der Waals surface area (Å²) in [5, 5.41) is 3.33. The van der Waals surface area contributed by atoms with Gasteiger partial charge in [0.15, 0.2) is 10.9 Å². The third-order valence-electron chi connectivity index (χ3n) is 5.31. The zero-order valence-electron chi connectivity index (χ0n) is 16.0. The van der Waals surface area contributed by atoms with Gasteiger partial charge >= 0.3 is 0 Å². The molecular weight excluding hydrogens is 374 g/mol. The Morgan fingerprint density at radius 1 is 0.931 bits per heavy atom. The molecule has 3 N–H and O–H groups in total. The summed E-state index contributed by atoms with van der Waals surface area (Å²) in [4.78, 5) is 52.3. The average molecular weight is 393 g/mol. The average Bonchev–Trinajstić information content (AvgIpc) is 2.97. The smallest absolute Gasteiger partial charge is 0.263 e. The Bertz CT molecular complexity index is 1490. The lowest BCUT2D eigenvalue weighted by molar-refractivity contribution is 0.190. The number of fused-ring (bicyclic) bond motifs is 3. The predicted octanol–water partition coefficient (Wildman–Crippen LogP) is 0.924. The van der Waals surface area contributed by atoms with Gasteiger partial charge in [0.1, 0.15) is 0 Å². The van der Waals surface area contributed by atoms with Crippen LogP contribution >= 0.6 is 0 Å². The highest BCUT2D eigenvalue weighted by Gasteiger charge is 2.25. The second-order valence-electron chi connectivity index (χ2n) is 6.85. The molecule has 0 fully saturated rings. The monoisotopic (exact) mass is 393 g/mol. The van der Waals surface area contributed by atoms with Crippen molar-refractivity contribution >= 4 is 43.7 Å². The molecule has 148 valence electrons. The largest absolute Gasteiger partial charge is 0.397 e. The van der Waals surface area contributed by atoms with Crippen molar-refractivity contribution in [3.63, 3.8) is 0 Å². The van der Waals surface area contributed by atoms with Crippen LogP contribution in [-0.4, -0.2) is 25.3 Å². The van der Waals surface area contributed by atoms with Crippen molar-refractivity contribution in [3.8, 4) is 0 Å². The van der Waals surface area contributed by atoms with E-state index in [1.165, 1.54) is 14.2 Å². The van der Waals surface area contributed by atoms with Crippen molar-refractivity contribution in [1.82, 2.24) is 4.57 Å². The number of benzene rings is 3. The Kier molecular flexibility index (Phi) is 4.43. The van der Waals surface area contributed by atoms with E-state index in [1.807, 2.05) is 0 Å². The maximum absolute atomic E-state index is 13.2. The van der Waals surface area contributed by atoms with Crippen molar-refractivity contribution in [2.75, 3.05) is 31.8 Å². The summed E-state index contributed by atoms with van der Waals surface area (Å²) in [7, 11) is 3.07. The van der Waals surface area contributed by atoms with Crippen LogP contribution in [0, 0.1) is 0 Å². The number of hydrogen-bond donors (Lipinski definition) is 2. The molecule has 0 aliphatic heterocycles. The number of nitrogen functional groups attached to an aromatic ring is 1. The molecule has 4 rings (SSSR count). The summed E-state index contributed by atoms with van der Waals surface area (Å²) >= 11 is 0. The Labute approximate surface area is 163 Å². The van der Waals surface area contributed by atoms with Crippen LogP contribution in [-0.2, 0) is 11.3 Å². The first-order valence-electron chi connectivity index (χ1n) is 9.14. The third-order valence-corrected chi connectivity index (χ3v) is 5.31. The van der Waals surface area contributed by atoms with Gasteiger partial charge in [-0.05, 0) is 6.42 Å². The van der Waals surface area contributed by atoms with Gasteiger partial charge in [-0.3, -0.25) is 23.7 Å². The first kappa shape index (κ1) is 18.8. The molecule has 0 radical (unpaired) electrons. The Morgan fingerprint density at radius 2 is 1.52 bits per heavy atom. The lowest BCUT2D eigenvalue weighted by Crippen LogP contribution is -2.26. The normalized spacial score (nSPS) is 11.7. The molecule has 8 nitrogen and oxygen atoms in total. The summed E-state index contributed by atoms with van der Waals surface area (Å²) in [5.74, 6) is 0. The van der Waals surface area contributed by atoms with Gasteiger partial charge in [-0.2, -0.15) is 0 Å². The topological polar surface area (TPSA) is 120 Å². The van der Waals surface area contributed by atoms with E-state index in [4.69, 9.17) is 10.5 Å². The van der Waals surface area contributed by atoms with Gasteiger partial charge in [-0.25, -0.2) is 0 Å². The molecule has 8 heteroatoms. The van der Waals surface area contributed by atoms with Gasteiger partial charge in [0.2, 0.25) is 0 Å². The minimum atomic E-state index is -0.572. The molecule has 4 aromatic rings. The number of rotatable bonds is 5. The van der Waals surface area contributed by atoms with Crippen LogP contribution in [0.5, 0.6) is 0 Å². The van der Waals surface area contributed by atoms with E-state index in [2.05, 4.69) is 5.32 Å². The molecule has 0 saturated heterocycles. The summed E-state index contributed by atoms with van der Waals surface area (Å²) in [6.07, 6.45) is 0.458. The fourth-order valence-electron chi connectivity index (χ4n) is 4.00. The van der Waals surface area contributed by atoms with Crippen LogP contribution in [0.3, 0.4) is 0 Å². The fraction of sp³-hybridized carbons (Fsp3) is 0.238. The van der Waals surface area contributed by atoms with E-state index in [-0.39, 0.29) is 50.2 Å². The van der Waals surface area contributed by atoms with Gasteiger partial charge in [0.25, 0.3) is 11.1 Å². The maximum atomic E-state index is 13.2. The molecule has 1 aromatic heterocycles. The number of aromatic nitrogens is 1. The summed E-state index contributed by atoms with van der Waals surface area (Å²) < 4.78 is 6.07. The molecule has 3 aromatic carbocycles. The second kappa shape index (κ2) is 6.82. The number of anilines is 2. The molecule has 0 spiro atoms. The standard InChI is InChI=1S/C21H19N3O5/c1-23-17-14-12(18(25)10-6-3-4-7-11(10)19(14)26)16(22)13-15(17)21(28)24(20(13)27)8-5-9-29-2/h3-4,6-7,23H,5,8-9,22H2,1-2H3. The number of ether oxygens (including phenoxy) is 1. The number of nitrogens with one attached hydrogen (secondary N) is 1. The zero-order valence-corrected chi connectivity index (χ0v) is 16.0. The molecule has 0 unspecified atom stereocenters. The van der Waals surface area contributed by atoms with Gasteiger partial charge in [0, 0.05) is 38.1 Å². The lowest BCUT2D eigenvalue weighted by Gasteiger charge is -2.10. The van der Waals surface area contributed by atoms with E-state index >= 15 is 0 Å². The highest BCUT2D eigenvalue weighted by molar-refractivity contribution is 6.21. The quantitative estimate of drug-likeness (QED) is 0.224. The van der Waals surface area contributed by atoms with Crippen LogP contribution in [0.4, 0.5) is 11.4 Å². The van der Waals surface area contributed by atoms with Gasteiger partial charge < -0.3 is 15.8 Å². The summed E-state index contributed by atoms with van der Waals surface area (Å²) in [6, 6.07) is 6.43. The lowest BCUT2D eigenvalue weighted by atomic mass is 9.96. The van der Waals surface area contributed by atoms with E-state index in [1.54, 1.807) is 24.3 Å². The van der Waals surface area contributed by atoms with Crippen LogP contribution in [0.1, 0.15) is 6.42 Å². The number of nitrogens with zero attached hydrogens (tertiary/aromatic N) is 1. The molecule has 0 aliphatic rings. The van der Waals surface area contributed by atoms with E-state index in [0.29, 0.717) is 13.0 Å². The highest BCUT2D eigenvalue weighted by atomic mass is 16.5. The van der Waals surface area contributed by atoms with Crippen molar-refractivity contribution in [2.45, 2.75) is 13.0 Å². The van der Waals surface area contributed by atoms with Crippen LogP contribution in [0.25, 0.3) is 32.3 Å². The summed E-state index contributed by atoms with van der Waals surface area (Å²) in [5.41, 5.74) is 4.30. The molecule has 0 saturated carbocycles. The van der Waals surface area contributed by atoms with Crippen LogP contribution in [0.15, 0.2) is 43.4 Å². The summed E-state index contributed by atoms with van der Waals surface area (Å²) in [6.45, 7) is 0.528. The minimum Gasteiger partial charge on any atom is -0.397 e. The Balaban J connectivity index is 2.28. The molecule has 0 amide bonds. The number of hydrogen-bond acceptors (Lipinski definition) is 7. The van der Waals surface area contributed by atoms with Gasteiger partial charge in [0.05, 0.1) is 32.9 Å². The molecular formula is C21H19N3O5. The molecule has 0 bridgehead atoms. The third kappa shape index (κ3) is 2.49. The van der Waals surface area contributed by atoms with Crippen molar-refractivity contribution in [2.24, 2.45) is 0 Å². The van der Waals surface area contributed by atoms with E-state index < -0.39 is 22.0 Å². The van der Waals surface area contributed by atoms with Crippen LogP contribution in [0.2, 0.25) is 0 Å². The van der Waals surface area contributed by atoms with E-state index in [0.717, 1.165) is 4.57 Å². The Hall–Kier alpha value is -3.52. The van der Waals surface area contributed by atoms with Gasteiger partial charge in [-0.15, -0.1) is 0 Å². The first-order valence-corrected chi connectivity index (χ1v) is 9.14. The molecule has 1 heterocycles. The SMILES string of the molecule is CNc1c2c(=O)c3ccccc3c(=O)c2c(N)c2c(=O)n(CCCOC)c(=O)c12. The van der Waals surface area contributed by atoms with E-state index in [9.17, 15) is 19.2 Å². The molecule has 0 atom stereocenters. The minimum absolute atomic E-state index is 0.0308. The maximum Gasteiger partial charge on any atom is 0.263 e. The van der Waals surface area contributed by atoms with Crippen molar-refractivity contribution in [1.29, 1.82) is 0 Å². The van der Waals surface area contributed by atoms with Crippen molar-refractivity contribution in [3.05, 3.63) is 65.4 Å².